The van der Waals surface area contributed by atoms with Crippen molar-refractivity contribution in [1.82, 2.24) is 9.88 Å². The maximum atomic E-state index is 3.42. The number of nitrogens with one attached hydrogen (secondary N) is 1. The Bertz CT molecular complexity index is 478. The van der Waals surface area contributed by atoms with Crippen molar-refractivity contribution in [3.05, 3.63) is 36.0 Å². The molecule has 1 N–H and O–H groups in total. The minimum Gasteiger partial charge on any atom is -0.343 e. The first-order valence-corrected chi connectivity index (χ1v) is 5.63. The van der Waals surface area contributed by atoms with Gasteiger partial charge in [-0.1, -0.05) is 18.2 Å². The quantitative estimate of drug-likeness (QED) is 0.748. The average Bonchev–Trinajstić information content (AvgIpc) is 2.85. The van der Waals surface area contributed by atoms with E-state index < -0.39 is 0 Å². The SMILES string of the molecule is Cc1cccc2ccn(C3CCNC3)c12. The van der Waals surface area contributed by atoms with Crippen LogP contribution in [-0.4, -0.2) is 17.7 Å². The van der Waals surface area contributed by atoms with Crippen LogP contribution in [0.25, 0.3) is 10.9 Å². The van der Waals surface area contributed by atoms with Crippen LogP contribution >= 0.6 is 0 Å². The third kappa shape index (κ3) is 1.37. The first-order valence-electron chi connectivity index (χ1n) is 5.63. The van der Waals surface area contributed by atoms with E-state index in [-0.39, 0.29) is 0 Å². The van der Waals surface area contributed by atoms with Crippen LogP contribution in [0.15, 0.2) is 30.5 Å². The number of rotatable bonds is 1. The number of hydrogen-bond donors (Lipinski definition) is 1. The Hall–Kier alpha value is -1.28. The molecule has 15 heavy (non-hydrogen) atoms. The lowest BCUT2D eigenvalue weighted by molar-refractivity contribution is 0.565. The highest BCUT2D eigenvalue weighted by molar-refractivity contribution is 5.83. The summed E-state index contributed by atoms with van der Waals surface area (Å²) in [4.78, 5) is 0. The van der Waals surface area contributed by atoms with E-state index in [1.807, 2.05) is 0 Å². The number of aromatic nitrogens is 1. The lowest BCUT2D eigenvalue weighted by Crippen LogP contribution is -2.12. The van der Waals surface area contributed by atoms with E-state index in [0.717, 1.165) is 13.1 Å². The molecule has 1 aliphatic rings. The molecule has 0 amide bonds. The number of nitrogens with zero attached hydrogens (tertiary/aromatic N) is 1. The Morgan fingerprint density at radius 1 is 1.33 bits per heavy atom. The minimum atomic E-state index is 0.642. The molecule has 3 rings (SSSR count). The topological polar surface area (TPSA) is 17.0 Å². The molecule has 0 aliphatic carbocycles. The first kappa shape index (κ1) is 8.98. The summed E-state index contributed by atoms with van der Waals surface area (Å²) in [5, 5.41) is 4.79. The van der Waals surface area contributed by atoms with Gasteiger partial charge in [-0.05, 0) is 36.9 Å². The van der Waals surface area contributed by atoms with Crippen molar-refractivity contribution in [2.45, 2.75) is 19.4 Å². The number of hydrogen-bond acceptors (Lipinski definition) is 1. The largest absolute Gasteiger partial charge is 0.343 e. The van der Waals surface area contributed by atoms with Crippen molar-refractivity contribution >= 4 is 10.9 Å². The Morgan fingerprint density at radius 3 is 3.07 bits per heavy atom. The van der Waals surface area contributed by atoms with Crippen molar-refractivity contribution in [1.29, 1.82) is 0 Å². The molecular formula is C13H16N2. The molecule has 0 bridgehead atoms. The van der Waals surface area contributed by atoms with Crippen LogP contribution in [0.5, 0.6) is 0 Å². The molecule has 1 unspecified atom stereocenters. The molecule has 78 valence electrons. The third-order valence-corrected chi connectivity index (χ3v) is 3.37. The smallest absolute Gasteiger partial charge is 0.0513 e. The van der Waals surface area contributed by atoms with E-state index >= 15 is 0 Å². The monoisotopic (exact) mass is 200 g/mol. The molecule has 0 radical (unpaired) electrons. The molecule has 1 aromatic carbocycles. The van der Waals surface area contributed by atoms with Gasteiger partial charge in [0.15, 0.2) is 0 Å². The van der Waals surface area contributed by atoms with E-state index in [1.54, 1.807) is 0 Å². The van der Waals surface area contributed by atoms with Crippen LogP contribution in [0.2, 0.25) is 0 Å². The van der Waals surface area contributed by atoms with Gasteiger partial charge in [-0.25, -0.2) is 0 Å². The maximum absolute atomic E-state index is 3.42. The van der Waals surface area contributed by atoms with Gasteiger partial charge in [-0.3, -0.25) is 0 Å². The number of para-hydroxylation sites is 1. The first-order chi connectivity index (χ1) is 7.36. The van der Waals surface area contributed by atoms with Gasteiger partial charge in [0.2, 0.25) is 0 Å². The zero-order chi connectivity index (χ0) is 10.3. The third-order valence-electron chi connectivity index (χ3n) is 3.37. The highest BCUT2D eigenvalue weighted by Gasteiger charge is 2.17. The van der Waals surface area contributed by atoms with Crippen molar-refractivity contribution in [2.24, 2.45) is 0 Å². The predicted molar refractivity (Wildman–Crippen MR) is 63.2 cm³/mol. The lowest BCUT2D eigenvalue weighted by Gasteiger charge is -2.14. The summed E-state index contributed by atoms with van der Waals surface area (Å²) in [6, 6.07) is 9.39. The molecule has 2 heterocycles. The molecule has 2 aromatic rings. The second-order valence-electron chi connectivity index (χ2n) is 4.38. The van der Waals surface area contributed by atoms with Crippen molar-refractivity contribution in [2.75, 3.05) is 13.1 Å². The maximum Gasteiger partial charge on any atom is 0.0513 e. The van der Waals surface area contributed by atoms with E-state index in [1.165, 1.54) is 22.9 Å². The van der Waals surface area contributed by atoms with Gasteiger partial charge in [0.1, 0.15) is 0 Å². The molecule has 1 saturated heterocycles. The molecule has 2 heteroatoms. The van der Waals surface area contributed by atoms with Gasteiger partial charge in [-0.2, -0.15) is 0 Å². The summed E-state index contributed by atoms with van der Waals surface area (Å²) >= 11 is 0. The van der Waals surface area contributed by atoms with Crippen LogP contribution in [0.1, 0.15) is 18.0 Å². The summed E-state index contributed by atoms with van der Waals surface area (Å²) in [5.74, 6) is 0. The molecule has 0 spiro atoms. The minimum absolute atomic E-state index is 0.642. The molecule has 1 fully saturated rings. The second kappa shape index (κ2) is 3.38. The van der Waals surface area contributed by atoms with Gasteiger partial charge in [-0.15, -0.1) is 0 Å². The predicted octanol–water partition coefficient (Wildman–Crippen LogP) is 2.48. The Kier molecular flexibility index (Phi) is 2.03. The van der Waals surface area contributed by atoms with E-state index in [4.69, 9.17) is 0 Å². The molecular weight excluding hydrogens is 184 g/mol. The zero-order valence-corrected chi connectivity index (χ0v) is 9.03. The van der Waals surface area contributed by atoms with Crippen LogP contribution in [0.3, 0.4) is 0 Å². The van der Waals surface area contributed by atoms with Crippen molar-refractivity contribution in [3.63, 3.8) is 0 Å². The highest BCUT2D eigenvalue weighted by atomic mass is 15.1. The molecule has 1 atom stereocenters. The molecule has 1 aromatic heterocycles. The van der Waals surface area contributed by atoms with E-state index in [2.05, 4.69) is 47.3 Å². The zero-order valence-electron chi connectivity index (χ0n) is 9.03. The van der Waals surface area contributed by atoms with E-state index in [0.29, 0.717) is 6.04 Å². The average molecular weight is 200 g/mol. The van der Waals surface area contributed by atoms with Gasteiger partial charge in [0.05, 0.1) is 5.52 Å². The summed E-state index contributed by atoms with van der Waals surface area (Å²) in [7, 11) is 0. The van der Waals surface area contributed by atoms with Gasteiger partial charge < -0.3 is 9.88 Å². The Balaban J connectivity index is 2.18. The lowest BCUT2D eigenvalue weighted by atomic mass is 10.1. The molecule has 0 saturated carbocycles. The summed E-state index contributed by atoms with van der Waals surface area (Å²) in [6.07, 6.45) is 3.48. The van der Waals surface area contributed by atoms with Crippen molar-refractivity contribution in [3.8, 4) is 0 Å². The summed E-state index contributed by atoms with van der Waals surface area (Å²) < 4.78 is 2.44. The number of aryl methyl sites for hydroxylation is 1. The van der Waals surface area contributed by atoms with Gasteiger partial charge in [0.25, 0.3) is 0 Å². The second-order valence-corrected chi connectivity index (χ2v) is 4.38. The Labute approximate surface area is 89.9 Å². The van der Waals surface area contributed by atoms with Crippen LogP contribution in [-0.2, 0) is 0 Å². The highest BCUT2D eigenvalue weighted by Crippen LogP contribution is 2.25. The fourth-order valence-corrected chi connectivity index (χ4v) is 2.59. The van der Waals surface area contributed by atoms with Gasteiger partial charge in [0, 0.05) is 18.8 Å². The van der Waals surface area contributed by atoms with Crippen LogP contribution < -0.4 is 5.32 Å². The summed E-state index contributed by atoms with van der Waals surface area (Å²) in [6.45, 7) is 4.45. The molecule has 1 aliphatic heterocycles. The summed E-state index contributed by atoms with van der Waals surface area (Å²) in [5.41, 5.74) is 2.79. The Morgan fingerprint density at radius 2 is 2.27 bits per heavy atom. The van der Waals surface area contributed by atoms with Crippen molar-refractivity contribution < 1.29 is 0 Å². The molecule has 2 nitrogen and oxygen atoms in total. The number of benzene rings is 1. The number of fused-ring (bicyclic) bond motifs is 1. The normalized spacial score (nSPS) is 21.3. The van der Waals surface area contributed by atoms with Gasteiger partial charge >= 0.3 is 0 Å². The van der Waals surface area contributed by atoms with Crippen LogP contribution in [0, 0.1) is 6.92 Å². The standard InChI is InChI=1S/C13H16N2/c1-10-3-2-4-11-6-8-15(13(10)11)12-5-7-14-9-12/h2-4,6,8,12,14H,5,7,9H2,1H3. The van der Waals surface area contributed by atoms with Crippen LogP contribution in [0.4, 0.5) is 0 Å². The van der Waals surface area contributed by atoms with E-state index in [9.17, 15) is 0 Å². The fourth-order valence-electron chi connectivity index (χ4n) is 2.59. The fraction of sp³-hybridized carbons (Fsp3) is 0.385.